The quantitative estimate of drug-likeness (QED) is 0.389. The molecule has 2 rings (SSSR count). The van der Waals surface area contributed by atoms with Crippen molar-refractivity contribution in [3.63, 3.8) is 0 Å². The van der Waals surface area contributed by atoms with Crippen LogP contribution in [0, 0.1) is 12.0 Å². The molecule has 2 heterocycles. The summed E-state index contributed by atoms with van der Waals surface area (Å²) in [6.07, 6.45) is 0.932. The van der Waals surface area contributed by atoms with Gasteiger partial charge in [0.1, 0.15) is 6.10 Å². The lowest BCUT2D eigenvalue weighted by molar-refractivity contribution is 0.180. The van der Waals surface area contributed by atoms with Crippen molar-refractivity contribution in [2.24, 2.45) is 5.73 Å². The third kappa shape index (κ3) is 1.74. The average molecular weight is 218 g/mol. The van der Waals surface area contributed by atoms with Crippen molar-refractivity contribution >= 4 is 17.0 Å². The molecule has 0 bridgehead atoms. The zero-order chi connectivity index (χ0) is 11.5. The molecule has 6 N–H and O–H groups in total. The summed E-state index contributed by atoms with van der Waals surface area (Å²) < 4.78 is 0. The smallest absolute Gasteiger partial charge is 0.222 e. The number of fused-ring (bicyclic) bond motifs is 1. The molecule has 0 amide bonds. The van der Waals surface area contributed by atoms with Gasteiger partial charge in [0.2, 0.25) is 5.95 Å². The number of nitrogens with two attached hydrogens (primary N) is 2. The molecule has 0 saturated heterocycles. The van der Waals surface area contributed by atoms with Crippen molar-refractivity contribution < 1.29 is 5.11 Å². The lowest BCUT2D eigenvalue weighted by Crippen LogP contribution is -1.98. The molecule has 0 spiro atoms. The van der Waals surface area contributed by atoms with E-state index in [9.17, 15) is 5.11 Å². The first kappa shape index (κ1) is 10.2. The minimum Gasteiger partial charge on any atom is -0.386 e. The van der Waals surface area contributed by atoms with Crippen molar-refractivity contribution in [2.45, 2.75) is 12.5 Å². The van der Waals surface area contributed by atoms with Crippen LogP contribution in [0.3, 0.4) is 0 Å². The molecule has 1 unspecified atom stereocenters. The topological polar surface area (TPSA) is 127 Å². The van der Waals surface area contributed by atoms with Crippen molar-refractivity contribution in [1.29, 1.82) is 0 Å². The first-order valence-corrected chi connectivity index (χ1v) is 4.55. The van der Waals surface area contributed by atoms with Gasteiger partial charge < -0.3 is 16.6 Å². The van der Waals surface area contributed by atoms with Crippen LogP contribution in [0.1, 0.15) is 18.2 Å². The summed E-state index contributed by atoms with van der Waals surface area (Å²) in [6, 6.07) is 2.22. The first-order valence-electron chi connectivity index (χ1n) is 4.55. The monoisotopic (exact) mass is 218 g/mol. The Bertz CT molecular complexity index is 566. The van der Waals surface area contributed by atoms with Gasteiger partial charge in [-0.2, -0.15) is 10.1 Å². The van der Waals surface area contributed by atoms with E-state index in [1.807, 2.05) is 0 Å². The molecule has 0 aliphatic carbocycles. The molecular weight excluding hydrogens is 208 g/mol. The summed E-state index contributed by atoms with van der Waals surface area (Å²) in [5, 5.41) is 17.0. The van der Waals surface area contributed by atoms with E-state index in [4.69, 9.17) is 11.5 Å². The predicted molar refractivity (Wildman–Crippen MR) is 57.6 cm³/mol. The summed E-state index contributed by atoms with van der Waals surface area (Å²) in [5.41, 5.74) is 11.4. The maximum absolute atomic E-state index is 9.79. The van der Waals surface area contributed by atoms with Crippen LogP contribution in [0.5, 0.6) is 0 Å². The Kier molecular flexibility index (Phi) is 2.57. The Hall–Kier alpha value is -2.33. The van der Waals surface area contributed by atoms with Crippen LogP contribution in [0.2, 0.25) is 0 Å². The lowest BCUT2D eigenvalue weighted by atomic mass is 10.1. The number of aromatic amines is 1. The largest absolute Gasteiger partial charge is 0.386 e. The minimum absolute atomic E-state index is 0.141. The summed E-state index contributed by atoms with van der Waals surface area (Å²) in [4.78, 5) is 7.75. The number of rotatable bonds is 2. The van der Waals surface area contributed by atoms with Gasteiger partial charge in [-0.15, -0.1) is 0 Å². The van der Waals surface area contributed by atoms with Gasteiger partial charge in [-0.05, 0) is 0 Å². The normalized spacial score (nSPS) is 12.1. The van der Waals surface area contributed by atoms with Crippen molar-refractivity contribution in [2.75, 3.05) is 5.73 Å². The van der Waals surface area contributed by atoms with E-state index in [1.165, 1.54) is 6.20 Å². The van der Waals surface area contributed by atoms with Crippen LogP contribution in [0.15, 0.2) is 6.20 Å². The summed E-state index contributed by atoms with van der Waals surface area (Å²) in [7, 11) is 0. The fourth-order valence-corrected chi connectivity index (χ4v) is 1.35. The molecule has 2 aromatic heterocycles. The molecule has 7 heteroatoms. The summed E-state index contributed by atoms with van der Waals surface area (Å²) in [6.45, 7) is 0. The van der Waals surface area contributed by atoms with E-state index in [0.29, 0.717) is 16.7 Å². The highest BCUT2D eigenvalue weighted by molar-refractivity contribution is 5.77. The zero-order valence-corrected chi connectivity index (χ0v) is 8.31. The molecular formula is C9H10N6O. The van der Waals surface area contributed by atoms with Crippen LogP contribution < -0.4 is 11.5 Å². The second-order valence-corrected chi connectivity index (χ2v) is 3.14. The van der Waals surface area contributed by atoms with E-state index in [0.717, 1.165) is 0 Å². The van der Waals surface area contributed by atoms with Crippen LogP contribution in [-0.4, -0.2) is 25.3 Å². The van der Waals surface area contributed by atoms with E-state index in [2.05, 4.69) is 32.1 Å². The third-order valence-electron chi connectivity index (χ3n) is 2.09. The molecule has 7 nitrogen and oxygen atoms in total. The van der Waals surface area contributed by atoms with Crippen LogP contribution in [0.25, 0.3) is 11.0 Å². The molecule has 0 saturated carbocycles. The van der Waals surface area contributed by atoms with E-state index in [-0.39, 0.29) is 12.4 Å². The second-order valence-electron chi connectivity index (χ2n) is 3.14. The average Bonchev–Trinajstić information content (AvgIpc) is 2.68. The molecule has 0 aliphatic heterocycles. The maximum atomic E-state index is 9.79. The SMILES string of the molecule is NC#CCC(O)c1[nH]nc2nc(N)ncc12. The number of aromatic nitrogens is 4. The van der Waals surface area contributed by atoms with Crippen molar-refractivity contribution in [3.8, 4) is 12.0 Å². The van der Waals surface area contributed by atoms with Gasteiger partial charge in [0.05, 0.1) is 11.1 Å². The lowest BCUT2D eigenvalue weighted by Gasteiger charge is -2.03. The number of hydrogen-bond donors (Lipinski definition) is 4. The van der Waals surface area contributed by atoms with Crippen LogP contribution >= 0.6 is 0 Å². The Labute approximate surface area is 90.9 Å². The van der Waals surface area contributed by atoms with Gasteiger partial charge in [-0.25, -0.2) is 4.98 Å². The summed E-state index contributed by atoms with van der Waals surface area (Å²) >= 11 is 0. The Morgan fingerprint density at radius 1 is 1.56 bits per heavy atom. The van der Waals surface area contributed by atoms with Gasteiger partial charge in [-0.1, -0.05) is 5.92 Å². The molecule has 1 atom stereocenters. The van der Waals surface area contributed by atoms with E-state index in [1.54, 1.807) is 0 Å². The highest BCUT2D eigenvalue weighted by Crippen LogP contribution is 2.21. The van der Waals surface area contributed by atoms with E-state index < -0.39 is 6.10 Å². The molecule has 16 heavy (non-hydrogen) atoms. The highest BCUT2D eigenvalue weighted by atomic mass is 16.3. The number of nitrogens with one attached hydrogen (secondary N) is 1. The molecule has 2 aromatic rings. The number of nitrogens with zero attached hydrogens (tertiary/aromatic N) is 3. The van der Waals surface area contributed by atoms with Gasteiger partial charge in [-0.3, -0.25) is 5.10 Å². The number of H-pyrrole nitrogens is 1. The fourth-order valence-electron chi connectivity index (χ4n) is 1.35. The number of anilines is 1. The first-order chi connectivity index (χ1) is 7.72. The molecule has 0 aromatic carbocycles. The van der Waals surface area contributed by atoms with E-state index >= 15 is 0 Å². The van der Waals surface area contributed by atoms with Crippen molar-refractivity contribution in [1.82, 2.24) is 20.2 Å². The Morgan fingerprint density at radius 3 is 3.12 bits per heavy atom. The second kappa shape index (κ2) is 4.04. The number of nitrogen functional groups attached to an aromatic ring is 1. The summed E-state index contributed by atoms with van der Waals surface area (Å²) in [5.74, 6) is 2.72. The predicted octanol–water partition coefficient (Wildman–Crippen LogP) is -0.722. The maximum Gasteiger partial charge on any atom is 0.222 e. The Morgan fingerprint density at radius 2 is 2.38 bits per heavy atom. The number of hydrogen-bond acceptors (Lipinski definition) is 6. The van der Waals surface area contributed by atoms with Crippen LogP contribution in [0.4, 0.5) is 5.95 Å². The third-order valence-corrected chi connectivity index (χ3v) is 2.09. The van der Waals surface area contributed by atoms with Crippen molar-refractivity contribution in [3.05, 3.63) is 11.9 Å². The van der Waals surface area contributed by atoms with Gasteiger partial charge in [0, 0.05) is 18.7 Å². The number of aliphatic hydroxyl groups excluding tert-OH is 1. The molecule has 0 fully saturated rings. The standard InChI is InChI=1S/C9H10N6O/c10-3-1-2-6(16)7-5-4-12-9(11)13-8(5)15-14-7/h4,6,16H,2,10H2,(H3,11,12,13,14,15). The van der Waals surface area contributed by atoms with Gasteiger partial charge in [0.15, 0.2) is 5.65 Å². The van der Waals surface area contributed by atoms with Gasteiger partial charge in [0.25, 0.3) is 0 Å². The molecule has 0 radical (unpaired) electrons. The van der Waals surface area contributed by atoms with Crippen LogP contribution in [-0.2, 0) is 0 Å². The van der Waals surface area contributed by atoms with Gasteiger partial charge >= 0.3 is 0 Å². The minimum atomic E-state index is -0.798. The molecule has 82 valence electrons. The fraction of sp³-hybridized carbons (Fsp3) is 0.222. The highest BCUT2D eigenvalue weighted by Gasteiger charge is 2.14. The Balaban J connectivity index is 2.40. The number of aliphatic hydroxyl groups is 1. The zero-order valence-electron chi connectivity index (χ0n) is 8.31. The molecule has 0 aliphatic rings.